The van der Waals surface area contributed by atoms with Gasteiger partial charge in [0.15, 0.2) is 0 Å². The second-order valence-electron chi connectivity index (χ2n) is 5.21. The van der Waals surface area contributed by atoms with Gasteiger partial charge < -0.3 is 15.0 Å². The number of nitrogens with one attached hydrogen (secondary N) is 1. The van der Waals surface area contributed by atoms with Crippen LogP contribution in [0.5, 0.6) is 0 Å². The van der Waals surface area contributed by atoms with Crippen LogP contribution in [0, 0.1) is 11.6 Å². The maximum Gasteiger partial charge on any atom is 0.322 e. The van der Waals surface area contributed by atoms with Crippen molar-refractivity contribution in [2.45, 2.75) is 19.4 Å². The molecule has 1 aliphatic rings. The van der Waals surface area contributed by atoms with Crippen LogP contribution in [0.3, 0.4) is 0 Å². The highest BCUT2D eigenvalue weighted by Gasteiger charge is 2.30. The Hall–Kier alpha value is -1.21. The second-order valence-corrected chi connectivity index (χ2v) is 6.06. The molecule has 0 saturated carbocycles. The van der Waals surface area contributed by atoms with Crippen LogP contribution in [-0.2, 0) is 4.74 Å². The van der Waals surface area contributed by atoms with E-state index in [9.17, 15) is 13.6 Å². The third-order valence-electron chi connectivity index (χ3n) is 2.96. The van der Waals surface area contributed by atoms with Crippen molar-refractivity contribution in [2.24, 2.45) is 0 Å². The van der Waals surface area contributed by atoms with Gasteiger partial charge in [0.05, 0.1) is 28.9 Å². The molecule has 0 spiro atoms. The van der Waals surface area contributed by atoms with Crippen molar-refractivity contribution in [1.29, 1.82) is 0 Å². The number of benzene rings is 1. The second kappa shape index (κ2) is 5.65. The summed E-state index contributed by atoms with van der Waals surface area (Å²) in [5, 5.41) is 2.45. The predicted octanol–water partition coefficient (Wildman–Crippen LogP) is 3.37. The first-order chi connectivity index (χ1) is 9.28. The molecular weight excluding hydrogens is 334 g/mol. The fourth-order valence-electron chi connectivity index (χ4n) is 2.00. The molecule has 110 valence electrons. The topological polar surface area (TPSA) is 41.6 Å². The molecule has 1 aromatic rings. The molecule has 20 heavy (non-hydrogen) atoms. The van der Waals surface area contributed by atoms with Crippen molar-refractivity contribution in [3.63, 3.8) is 0 Å². The van der Waals surface area contributed by atoms with Gasteiger partial charge in [-0.25, -0.2) is 13.6 Å². The number of anilines is 1. The highest BCUT2D eigenvalue weighted by Crippen LogP contribution is 2.24. The minimum absolute atomic E-state index is 0.0624. The Kier molecular flexibility index (Phi) is 4.29. The SMILES string of the molecule is CC1(C)CN(C(=O)Nc2cc(Br)c(F)cc2F)CCO1. The summed E-state index contributed by atoms with van der Waals surface area (Å²) in [5.41, 5.74) is -0.495. The Labute approximate surface area is 124 Å². The molecule has 1 N–H and O–H groups in total. The van der Waals surface area contributed by atoms with Crippen LogP contribution in [0.25, 0.3) is 0 Å². The maximum absolute atomic E-state index is 13.6. The van der Waals surface area contributed by atoms with Gasteiger partial charge in [0, 0.05) is 12.6 Å². The molecule has 1 saturated heterocycles. The summed E-state index contributed by atoms with van der Waals surface area (Å²) in [5.74, 6) is -1.53. The lowest BCUT2D eigenvalue weighted by Gasteiger charge is -2.38. The number of nitrogens with zero attached hydrogens (tertiary/aromatic N) is 1. The highest BCUT2D eigenvalue weighted by molar-refractivity contribution is 9.10. The zero-order valence-corrected chi connectivity index (χ0v) is 12.8. The fourth-order valence-corrected chi connectivity index (χ4v) is 2.35. The minimum atomic E-state index is -0.813. The highest BCUT2D eigenvalue weighted by atomic mass is 79.9. The van der Waals surface area contributed by atoms with Gasteiger partial charge in [0.1, 0.15) is 11.6 Å². The van der Waals surface area contributed by atoms with Crippen molar-refractivity contribution >= 4 is 27.6 Å². The van der Waals surface area contributed by atoms with E-state index < -0.39 is 23.3 Å². The molecular formula is C13H15BrF2N2O2. The molecule has 1 aliphatic heterocycles. The Morgan fingerprint density at radius 1 is 1.40 bits per heavy atom. The van der Waals surface area contributed by atoms with E-state index in [0.29, 0.717) is 19.7 Å². The number of morpholine rings is 1. The number of hydrogen-bond donors (Lipinski definition) is 1. The van der Waals surface area contributed by atoms with Crippen LogP contribution in [0.4, 0.5) is 19.3 Å². The molecule has 0 atom stereocenters. The Balaban J connectivity index is 2.10. The van der Waals surface area contributed by atoms with Crippen LogP contribution in [0.1, 0.15) is 13.8 Å². The normalized spacial score (nSPS) is 17.9. The number of rotatable bonds is 1. The van der Waals surface area contributed by atoms with Crippen molar-refractivity contribution < 1.29 is 18.3 Å². The molecule has 1 heterocycles. The third-order valence-corrected chi connectivity index (χ3v) is 3.57. The lowest BCUT2D eigenvalue weighted by Crippen LogP contribution is -2.51. The molecule has 0 aromatic heterocycles. The van der Waals surface area contributed by atoms with Crippen LogP contribution >= 0.6 is 15.9 Å². The van der Waals surface area contributed by atoms with Gasteiger partial charge in [-0.2, -0.15) is 0 Å². The lowest BCUT2D eigenvalue weighted by molar-refractivity contribution is -0.0720. The van der Waals surface area contributed by atoms with Gasteiger partial charge in [-0.05, 0) is 35.8 Å². The summed E-state index contributed by atoms with van der Waals surface area (Å²) in [6, 6.07) is 1.50. The number of halogens is 3. The van der Waals surface area contributed by atoms with Crippen molar-refractivity contribution in [3.8, 4) is 0 Å². The Morgan fingerprint density at radius 2 is 2.10 bits per heavy atom. The smallest absolute Gasteiger partial charge is 0.322 e. The Bertz CT molecular complexity index is 537. The number of carbonyl (C=O) groups excluding carboxylic acids is 1. The number of amides is 2. The summed E-state index contributed by atoms with van der Waals surface area (Å²) in [6.07, 6.45) is 0. The van der Waals surface area contributed by atoms with Gasteiger partial charge in [-0.15, -0.1) is 0 Å². The first-order valence-electron chi connectivity index (χ1n) is 6.13. The number of carbonyl (C=O) groups is 1. The molecule has 0 unspecified atom stereocenters. The lowest BCUT2D eigenvalue weighted by atomic mass is 10.1. The van der Waals surface area contributed by atoms with Crippen molar-refractivity contribution in [1.82, 2.24) is 4.90 Å². The van der Waals surface area contributed by atoms with Crippen LogP contribution in [0.15, 0.2) is 16.6 Å². The van der Waals surface area contributed by atoms with Gasteiger partial charge in [0.25, 0.3) is 0 Å². The average molecular weight is 349 g/mol. The van der Waals surface area contributed by atoms with Gasteiger partial charge in [-0.3, -0.25) is 0 Å². The summed E-state index contributed by atoms with van der Waals surface area (Å²) in [4.78, 5) is 13.6. The van der Waals surface area contributed by atoms with E-state index in [1.165, 1.54) is 6.07 Å². The van der Waals surface area contributed by atoms with E-state index in [1.807, 2.05) is 13.8 Å². The van der Waals surface area contributed by atoms with E-state index in [1.54, 1.807) is 4.90 Å². The average Bonchev–Trinajstić information content (AvgIpc) is 2.34. The van der Waals surface area contributed by atoms with E-state index in [0.717, 1.165) is 6.07 Å². The van der Waals surface area contributed by atoms with Crippen LogP contribution in [0.2, 0.25) is 0 Å². The maximum atomic E-state index is 13.6. The molecule has 2 amide bonds. The summed E-state index contributed by atoms with van der Waals surface area (Å²) >= 11 is 2.96. The summed E-state index contributed by atoms with van der Waals surface area (Å²) in [7, 11) is 0. The van der Waals surface area contributed by atoms with Gasteiger partial charge >= 0.3 is 6.03 Å². The van der Waals surface area contributed by atoms with Gasteiger partial charge in [-0.1, -0.05) is 0 Å². The monoisotopic (exact) mass is 348 g/mol. The zero-order valence-electron chi connectivity index (χ0n) is 11.2. The van der Waals surface area contributed by atoms with E-state index in [-0.39, 0.29) is 10.2 Å². The van der Waals surface area contributed by atoms with Crippen molar-refractivity contribution in [2.75, 3.05) is 25.0 Å². The molecule has 1 fully saturated rings. The molecule has 2 rings (SSSR count). The van der Waals surface area contributed by atoms with Crippen molar-refractivity contribution in [3.05, 3.63) is 28.2 Å². The summed E-state index contributed by atoms with van der Waals surface area (Å²) < 4.78 is 32.3. The molecule has 7 heteroatoms. The molecule has 1 aromatic carbocycles. The van der Waals surface area contributed by atoms with Gasteiger partial charge in [0.2, 0.25) is 0 Å². The van der Waals surface area contributed by atoms with E-state index in [4.69, 9.17) is 4.74 Å². The Morgan fingerprint density at radius 3 is 2.75 bits per heavy atom. The van der Waals surface area contributed by atoms with E-state index >= 15 is 0 Å². The molecule has 0 bridgehead atoms. The fraction of sp³-hybridized carbons (Fsp3) is 0.462. The number of ether oxygens (including phenoxy) is 1. The van der Waals surface area contributed by atoms with Crippen LogP contribution in [-0.4, -0.2) is 36.2 Å². The first-order valence-corrected chi connectivity index (χ1v) is 6.92. The summed E-state index contributed by atoms with van der Waals surface area (Å²) in [6.45, 7) is 5.01. The zero-order chi connectivity index (χ0) is 14.9. The van der Waals surface area contributed by atoms with E-state index in [2.05, 4.69) is 21.2 Å². The molecule has 0 radical (unpaired) electrons. The van der Waals surface area contributed by atoms with Crippen LogP contribution < -0.4 is 5.32 Å². The largest absolute Gasteiger partial charge is 0.372 e. The minimum Gasteiger partial charge on any atom is -0.372 e. The number of urea groups is 1. The third kappa shape index (κ3) is 3.46. The predicted molar refractivity (Wildman–Crippen MR) is 74.7 cm³/mol. The standard InChI is InChI=1S/C13H15BrF2N2O2/c1-13(2)7-18(3-4-20-13)12(19)17-11-5-8(14)9(15)6-10(11)16/h5-6H,3-4,7H2,1-2H3,(H,17,19). The quantitative estimate of drug-likeness (QED) is 0.790. The first kappa shape index (κ1) is 15.2. The molecule has 0 aliphatic carbocycles. The number of hydrogen-bond acceptors (Lipinski definition) is 2. The molecule has 4 nitrogen and oxygen atoms in total.